The van der Waals surface area contributed by atoms with Gasteiger partial charge in [0.2, 0.25) is 20.0 Å². The van der Waals surface area contributed by atoms with Crippen LogP contribution in [0.3, 0.4) is 0 Å². The summed E-state index contributed by atoms with van der Waals surface area (Å²) in [5.74, 6) is 0. The van der Waals surface area contributed by atoms with E-state index in [2.05, 4.69) is 44.5 Å². The van der Waals surface area contributed by atoms with Crippen molar-refractivity contribution in [2.24, 2.45) is 0 Å². The predicted octanol–water partition coefficient (Wildman–Crippen LogP) is 18.9. The summed E-state index contributed by atoms with van der Waals surface area (Å²) in [5.41, 5.74) is 2.36. The minimum Gasteiger partial charge on any atom is -0.268 e. The third-order valence-electron chi connectivity index (χ3n) is 18.6. The molecule has 0 bridgehead atoms. The highest BCUT2D eigenvalue weighted by Crippen LogP contribution is 2.46. The summed E-state index contributed by atoms with van der Waals surface area (Å²) in [6, 6.07) is 25.5. The summed E-state index contributed by atoms with van der Waals surface area (Å²) >= 11 is 0. The molecule has 0 unspecified atom stereocenters. The summed E-state index contributed by atoms with van der Waals surface area (Å²) < 4.78 is 62.3. The van der Waals surface area contributed by atoms with E-state index in [1.54, 1.807) is 52.2 Å². The van der Waals surface area contributed by atoms with Crippen LogP contribution in [0.15, 0.2) is 104 Å². The van der Waals surface area contributed by atoms with Crippen LogP contribution >= 0.6 is 0 Å². The van der Waals surface area contributed by atoms with E-state index in [1.807, 2.05) is 36.4 Å². The zero-order valence-corrected chi connectivity index (χ0v) is 54.3. The Morgan fingerprint density at radius 3 is 1.08 bits per heavy atom. The fourth-order valence-electron chi connectivity index (χ4n) is 13.7. The molecule has 12 nitrogen and oxygen atoms in total. The molecule has 0 saturated carbocycles. The van der Waals surface area contributed by atoms with Crippen molar-refractivity contribution in [2.45, 2.75) is 230 Å². The van der Waals surface area contributed by atoms with E-state index in [0.717, 1.165) is 92.4 Å². The highest BCUT2D eigenvalue weighted by atomic mass is 32.2. The molecule has 1 N–H and O–H groups in total. The molecule has 7 aromatic carbocycles. The Morgan fingerprint density at radius 1 is 0.379 bits per heavy atom. The molecule has 0 fully saturated rings. The van der Waals surface area contributed by atoms with Crippen LogP contribution in [0.25, 0.3) is 98.0 Å². The van der Waals surface area contributed by atoms with Gasteiger partial charge in [0, 0.05) is 52.5 Å². The van der Waals surface area contributed by atoms with Crippen LogP contribution in [-0.4, -0.2) is 60.0 Å². The van der Waals surface area contributed by atoms with Gasteiger partial charge in [-0.2, -0.15) is 0 Å². The van der Waals surface area contributed by atoms with Crippen molar-refractivity contribution in [2.75, 3.05) is 20.1 Å². The normalized spacial score (nSPS) is 12.7. The number of hydrogen-bond donors (Lipinski definition) is 1. The van der Waals surface area contributed by atoms with Crippen molar-refractivity contribution >= 4 is 118 Å². The Hall–Kier alpha value is -6.06. The van der Waals surface area contributed by atoms with Crippen molar-refractivity contribution in [1.82, 2.24) is 27.8 Å². The van der Waals surface area contributed by atoms with E-state index in [-0.39, 0.29) is 20.9 Å². The first kappa shape index (κ1) is 63.9. The quantitative estimate of drug-likeness (QED) is 0.0234. The minimum absolute atomic E-state index is 0.112. The van der Waals surface area contributed by atoms with Gasteiger partial charge in [0.1, 0.15) is 11.3 Å². The second kappa shape index (κ2) is 29.5. The molecule has 0 aliphatic rings. The summed E-state index contributed by atoms with van der Waals surface area (Å²) in [6.45, 7) is 9.81. The summed E-state index contributed by atoms with van der Waals surface area (Å²) in [7, 11) is -5.98. The predicted molar refractivity (Wildman–Crippen MR) is 366 cm³/mol. The van der Waals surface area contributed by atoms with Crippen LogP contribution in [0.2, 0.25) is 0 Å². The number of benzene rings is 7. The van der Waals surface area contributed by atoms with Crippen LogP contribution in [0, 0.1) is 0 Å². The molecule has 0 atom stereocenters. The first-order valence-corrected chi connectivity index (χ1v) is 36.6. The number of imidazole rings is 2. The maximum Gasteiger partial charge on any atom is 0.264 e. The van der Waals surface area contributed by atoms with Gasteiger partial charge in [-0.15, -0.1) is 0 Å². The number of hydrogen-bond acceptors (Lipinski definition) is 8. The van der Waals surface area contributed by atoms with Gasteiger partial charge in [0.05, 0.1) is 31.9 Å². The lowest BCUT2D eigenvalue weighted by atomic mass is 9.86. The molecule has 11 rings (SSSR count). The van der Waals surface area contributed by atoms with Crippen molar-refractivity contribution < 1.29 is 16.8 Å². The van der Waals surface area contributed by atoms with Gasteiger partial charge in [0.25, 0.3) is 11.1 Å². The molecule has 0 aliphatic heterocycles. The fourth-order valence-corrected chi connectivity index (χ4v) is 16.0. The van der Waals surface area contributed by atoms with E-state index in [9.17, 15) is 26.4 Å². The van der Waals surface area contributed by atoms with E-state index >= 15 is 0 Å². The average molecular weight is 1220 g/mol. The van der Waals surface area contributed by atoms with Gasteiger partial charge in [-0.3, -0.25) is 18.4 Å². The molecule has 0 aliphatic carbocycles. The first-order valence-electron chi connectivity index (χ1n) is 33.7. The third kappa shape index (κ3) is 13.6. The number of nitrogens with one attached hydrogen (secondary N) is 1. The van der Waals surface area contributed by atoms with Crippen molar-refractivity contribution in [3.8, 4) is 0 Å². The molecule has 0 spiro atoms. The van der Waals surface area contributed by atoms with Gasteiger partial charge < -0.3 is 0 Å². The number of aromatic nitrogens is 4. The van der Waals surface area contributed by atoms with E-state index in [4.69, 9.17) is 9.97 Å². The molecular formula is C73H94N6O6S2. The molecular weight excluding hydrogens is 1120 g/mol. The lowest BCUT2D eigenvalue weighted by molar-refractivity contribution is 0.447. The average Bonchev–Trinajstić information content (AvgIpc) is 1.66. The topological polar surface area (TPSA) is 152 Å². The fraction of sp³-hybridized carbons (Fsp3) is 0.507. The zero-order chi connectivity index (χ0) is 61.1. The Balaban J connectivity index is 0.000000631. The second-order valence-corrected chi connectivity index (χ2v) is 28.8. The monoisotopic (exact) mass is 1210 g/mol. The standard InChI is InChI=1S/C61H68N6O6S2.C12H26/c1-4-6-8-10-12-14-16-18-20-22-36-62-74(70,71)40-24-34-52-50(38-40)63-58-46-30-26-42-45-29-33-49-57-47(31-27-43(55(45)57)44-28-32-48(56(46)54(42)44)60(68)66(52)58)59-64-51-39-41(25-35-53(51)67(59)61(49)69)75(72,73)65(3)37-23-21-19-17-15-13-11-9-7-5-2;1-3-5-7-9-11-12-10-8-6-4-2/h24-35,38-39,62H,4-23,36-37H2,1-3H3;3-12H2,1-2H3. The molecule has 0 radical (unpaired) electrons. The lowest BCUT2D eigenvalue weighted by Crippen LogP contribution is -2.28. The van der Waals surface area contributed by atoms with Crippen molar-refractivity contribution in [3.63, 3.8) is 0 Å². The van der Waals surface area contributed by atoms with Crippen molar-refractivity contribution in [3.05, 3.63) is 106 Å². The van der Waals surface area contributed by atoms with Crippen LogP contribution in [0.1, 0.15) is 220 Å². The smallest absolute Gasteiger partial charge is 0.264 e. The lowest BCUT2D eigenvalue weighted by Gasteiger charge is -2.18. The maximum absolute atomic E-state index is 14.7. The number of rotatable bonds is 35. The zero-order valence-electron chi connectivity index (χ0n) is 52.7. The summed E-state index contributed by atoms with van der Waals surface area (Å²) in [6.07, 6.45) is 37.9. The number of unbranched alkanes of at least 4 members (excludes halogenated alkanes) is 27. The van der Waals surface area contributed by atoms with Gasteiger partial charge >= 0.3 is 0 Å². The molecule has 4 heterocycles. The van der Waals surface area contributed by atoms with Gasteiger partial charge in [-0.05, 0) is 106 Å². The summed E-state index contributed by atoms with van der Waals surface area (Å²) in [5, 5.41) is 9.66. The van der Waals surface area contributed by atoms with E-state index in [1.165, 1.54) is 158 Å². The number of pyridine rings is 2. The second-order valence-electron chi connectivity index (χ2n) is 25.0. The van der Waals surface area contributed by atoms with Gasteiger partial charge in [-0.25, -0.2) is 35.8 Å². The Bertz CT molecular complexity index is 4430. The van der Waals surface area contributed by atoms with Crippen LogP contribution in [0.5, 0.6) is 0 Å². The Morgan fingerprint density at radius 2 is 0.690 bits per heavy atom. The highest BCUT2D eigenvalue weighted by Gasteiger charge is 2.27. The van der Waals surface area contributed by atoms with Gasteiger partial charge in [-0.1, -0.05) is 232 Å². The number of fused-ring (bicyclic) bond motifs is 10. The SMILES string of the molecule is CCCCCCCCCCCC.CCCCCCCCCCCCNS(=O)(=O)c1ccc2c(c1)nc1c3ccc4c5ccc6c(=O)n7c8ccc(S(=O)(=O)N(C)CCCCCCCCCCCC)cc8nc7c7ccc(c8ccc(c(=O)n21)c3c48)c5c67. The third-order valence-corrected chi connectivity index (χ3v) is 21.9. The Labute approximate surface area is 515 Å². The number of sulfonamides is 2. The largest absolute Gasteiger partial charge is 0.268 e. The molecule has 0 amide bonds. The van der Waals surface area contributed by atoms with Crippen LogP contribution < -0.4 is 15.8 Å². The van der Waals surface area contributed by atoms with E-state index in [0.29, 0.717) is 57.2 Å². The maximum atomic E-state index is 14.7. The summed E-state index contributed by atoms with van der Waals surface area (Å²) in [4.78, 5) is 39.5. The highest BCUT2D eigenvalue weighted by molar-refractivity contribution is 7.89. The van der Waals surface area contributed by atoms with Crippen molar-refractivity contribution in [1.29, 1.82) is 0 Å². The molecule has 14 heteroatoms. The molecule has 0 saturated heterocycles. The molecule has 4 aromatic heterocycles. The van der Waals surface area contributed by atoms with Crippen LogP contribution in [-0.2, 0) is 20.0 Å². The molecule has 11 aromatic rings. The van der Waals surface area contributed by atoms with E-state index < -0.39 is 20.0 Å². The minimum atomic E-state index is -3.81. The first-order chi connectivity index (χ1) is 42.4. The number of nitrogens with zero attached hydrogens (tertiary/aromatic N) is 5. The molecule has 87 heavy (non-hydrogen) atoms. The Kier molecular flexibility index (Phi) is 21.7. The molecule has 464 valence electrons. The van der Waals surface area contributed by atoms with Crippen LogP contribution in [0.4, 0.5) is 0 Å². The van der Waals surface area contributed by atoms with Gasteiger partial charge in [0.15, 0.2) is 0 Å².